The molecule has 6 heteroatoms. The number of carbonyl (C=O) groups excluding carboxylic acids is 1. The first-order valence-corrected chi connectivity index (χ1v) is 10.0. The first kappa shape index (κ1) is 19.8. The highest BCUT2D eigenvalue weighted by atomic mass is 16.6. The Morgan fingerprint density at radius 2 is 1.89 bits per heavy atom. The molecule has 1 amide bonds. The Bertz CT molecular complexity index is 664. The Labute approximate surface area is 163 Å². The molecule has 3 N–H and O–H groups in total. The number of anilines is 2. The van der Waals surface area contributed by atoms with Crippen molar-refractivity contribution in [2.45, 2.75) is 64.1 Å². The van der Waals surface area contributed by atoms with E-state index in [0.717, 1.165) is 56.8 Å². The highest BCUT2D eigenvalue weighted by Gasteiger charge is 2.42. The van der Waals surface area contributed by atoms with Crippen molar-refractivity contribution in [1.82, 2.24) is 9.80 Å². The zero-order valence-corrected chi connectivity index (χ0v) is 17.1. The van der Waals surface area contributed by atoms with Crippen LogP contribution in [0.5, 0.6) is 0 Å². The fraction of sp³-hybridized carbons (Fsp3) is 0.667. The summed E-state index contributed by atoms with van der Waals surface area (Å²) in [6.07, 6.45) is 2.96. The van der Waals surface area contributed by atoms with Gasteiger partial charge in [-0.3, -0.25) is 4.90 Å². The van der Waals surface area contributed by atoms with Crippen LogP contribution in [0, 0.1) is 0 Å². The quantitative estimate of drug-likeness (QED) is 0.792. The van der Waals surface area contributed by atoms with Crippen molar-refractivity contribution < 1.29 is 9.53 Å². The number of carbonyl (C=O) groups is 1. The van der Waals surface area contributed by atoms with Crippen LogP contribution in [0.15, 0.2) is 24.3 Å². The SMILES string of the molecule is CC(C)(C)OC(=O)N1CCC(C)(N2CCC(Nc3ccccc3N)CC2)C1. The van der Waals surface area contributed by atoms with Gasteiger partial charge in [-0.05, 0) is 59.1 Å². The Hall–Kier alpha value is -1.95. The minimum absolute atomic E-state index is 0.0354. The molecule has 0 bridgehead atoms. The van der Waals surface area contributed by atoms with Crippen molar-refractivity contribution in [3.05, 3.63) is 24.3 Å². The third-order valence-electron chi connectivity index (χ3n) is 5.68. The summed E-state index contributed by atoms with van der Waals surface area (Å²) in [6, 6.07) is 8.39. The lowest BCUT2D eigenvalue weighted by atomic mass is 9.94. The van der Waals surface area contributed by atoms with Crippen LogP contribution in [-0.4, -0.2) is 59.3 Å². The molecule has 2 saturated heterocycles. The topological polar surface area (TPSA) is 70.8 Å². The zero-order valence-electron chi connectivity index (χ0n) is 17.1. The molecule has 2 fully saturated rings. The van der Waals surface area contributed by atoms with Crippen LogP contribution in [-0.2, 0) is 4.74 Å². The van der Waals surface area contributed by atoms with Gasteiger partial charge in [-0.25, -0.2) is 4.79 Å². The second-order valence-corrected chi connectivity index (χ2v) is 9.14. The normalized spacial score (nSPS) is 24.8. The smallest absolute Gasteiger partial charge is 0.410 e. The number of hydrogen-bond donors (Lipinski definition) is 2. The molecule has 0 spiro atoms. The molecule has 6 nitrogen and oxygen atoms in total. The monoisotopic (exact) mass is 374 g/mol. The van der Waals surface area contributed by atoms with Crippen molar-refractivity contribution in [1.29, 1.82) is 0 Å². The molecular formula is C21H34N4O2. The van der Waals surface area contributed by atoms with E-state index in [-0.39, 0.29) is 11.6 Å². The molecule has 1 unspecified atom stereocenters. The van der Waals surface area contributed by atoms with Crippen LogP contribution < -0.4 is 11.1 Å². The summed E-state index contributed by atoms with van der Waals surface area (Å²) in [5.74, 6) is 0. The van der Waals surface area contributed by atoms with Crippen LogP contribution in [0.2, 0.25) is 0 Å². The van der Waals surface area contributed by atoms with Crippen molar-refractivity contribution in [3.63, 3.8) is 0 Å². The summed E-state index contributed by atoms with van der Waals surface area (Å²) in [7, 11) is 0. The molecule has 2 aliphatic heterocycles. The van der Waals surface area contributed by atoms with Gasteiger partial charge in [0.25, 0.3) is 0 Å². The number of benzene rings is 1. The first-order valence-electron chi connectivity index (χ1n) is 10.0. The molecule has 1 aromatic carbocycles. The van der Waals surface area contributed by atoms with Gasteiger partial charge >= 0.3 is 6.09 Å². The second kappa shape index (κ2) is 7.58. The molecule has 0 aromatic heterocycles. The largest absolute Gasteiger partial charge is 0.444 e. The fourth-order valence-corrected chi connectivity index (χ4v) is 4.10. The summed E-state index contributed by atoms with van der Waals surface area (Å²) in [5, 5.41) is 3.59. The highest BCUT2D eigenvalue weighted by molar-refractivity contribution is 5.68. The number of likely N-dealkylation sites (tertiary alicyclic amines) is 2. The van der Waals surface area contributed by atoms with Gasteiger partial charge in [-0.2, -0.15) is 0 Å². The summed E-state index contributed by atoms with van der Waals surface area (Å²) in [6.45, 7) is 11.6. The Morgan fingerprint density at radius 3 is 2.52 bits per heavy atom. The average Bonchev–Trinajstić information content (AvgIpc) is 3.00. The zero-order chi connectivity index (χ0) is 19.7. The number of piperidine rings is 1. The summed E-state index contributed by atoms with van der Waals surface area (Å²) in [5.41, 5.74) is 7.47. The maximum atomic E-state index is 12.4. The number of amides is 1. The number of nitrogen functional groups attached to an aromatic ring is 1. The Kier molecular flexibility index (Phi) is 5.56. The van der Waals surface area contributed by atoms with Crippen LogP contribution in [0.3, 0.4) is 0 Å². The van der Waals surface area contributed by atoms with Gasteiger partial charge in [0.15, 0.2) is 0 Å². The van der Waals surface area contributed by atoms with Gasteiger partial charge in [-0.1, -0.05) is 12.1 Å². The molecule has 3 rings (SSSR count). The maximum Gasteiger partial charge on any atom is 0.410 e. The second-order valence-electron chi connectivity index (χ2n) is 9.14. The molecule has 150 valence electrons. The van der Waals surface area contributed by atoms with Crippen molar-refractivity contribution in [2.24, 2.45) is 0 Å². The standard InChI is InChI=1S/C21H34N4O2/c1-20(2,3)27-19(26)24-14-11-21(4,15-24)25-12-9-16(10-13-25)23-18-8-6-5-7-17(18)22/h5-8,16,23H,9-15,22H2,1-4H3. The number of nitrogens with zero attached hydrogens (tertiary/aromatic N) is 2. The predicted molar refractivity (Wildman–Crippen MR) is 110 cm³/mol. The first-order chi connectivity index (χ1) is 12.7. The number of para-hydroxylation sites is 2. The maximum absolute atomic E-state index is 12.4. The number of ether oxygens (including phenoxy) is 1. The van der Waals surface area contributed by atoms with Crippen LogP contribution in [0.1, 0.15) is 47.0 Å². The molecular weight excluding hydrogens is 340 g/mol. The number of rotatable bonds is 3. The molecule has 1 aromatic rings. The van der Waals surface area contributed by atoms with E-state index in [0.29, 0.717) is 6.04 Å². The average molecular weight is 375 g/mol. The van der Waals surface area contributed by atoms with E-state index in [1.165, 1.54) is 0 Å². The highest BCUT2D eigenvalue weighted by Crippen LogP contribution is 2.32. The van der Waals surface area contributed by atoms with Crippen LogP contribution in [0.4, 0.5) is 16.2 Å². The van der Waals surface area contributed by atoms with Crippen molar-refractivity contribution in [3.8, 4) is 0 Å². The van der Waals surface area contributed by atoms with E-state index in [4.69, 9.17) is 10.5 Å². The number of nitrogens with one attached hydrogen (secondary N) is 1. The lowest BCUT2D eigenvalue weighted by Gasteiger charge is -2.43. The van der Waals surface area contributed by atoms with Gasteiger partial charge in [0.05, 0.1) is 11.4 Å². The summed E-state index contributed by atoms with van der Waals surface area (Å²) >= 11 is 0. The minimum atomic E-state index is -0.445. The lowest BCUT2D eigenvalue weighted by molar-refractivity contribution is 0.0232. The van der Waals surface area contributed by atoms with E-state index in [9.17, 15) is 4.79 Å². The van der Waals surface area contributed by atoms with Gasteiger partial charge in [-0.15, -0.1) is 0 Å². The Balaban J connectivity index is 1.52. The molecule has 27 heavy (non-hydrogen) atoms. The predicted octanol–water partition coefficient (Wildman–Crippen LogP) is 3.54. The number of nitrogens with two attached hydrogens (primary N) is 1. The molecule has 0 radical (unpaired) electrons. The molecule has 1 atom stereocenters. The third kappa shape index (κ3) is 4.86. The van der Waals surface area contributed by atoms with E-state index < -0.39 is 5.60 Å². The van der Waals surface area contributed by atoms with Gasteiger partial charge in [0.2, 0.25) is 0 Å². The van der Waals surface area contributed by atoms with Gasteiger partial charge in [0.1, 0.15) is 5.60 Å². The fourth-order valence-electron chi connectivity index (χ4n) is 4.10. The molecule has 2 heterocycles. The summed E-state index contributed by atoms with van der Waals surface area (Å²) < 4.78 is 5.54. The van der Waals surface area contributed by atoms with Gasteiger partial charge < -0.3 is 20.7 Å². The van der Waals surface area contributed by atoms with E-state index in [1.807, 2.05) is 49.9 Å². The van der Waals surface area contributed by atoms with Crippen molar-refractivity contribution >= 4 is 17.5 Å². The van der Waals surface area contributed by atoms with Gasteiger partial charge in [0, 0.05) is 37.8 Å². The third-order valence-corrected chi connectivity index (χ3v) is 5.68. The van der Waals surface area contributed by atoms with Crippen LogP contribution >= 0.6 is 0 Å². The summed E-state index contributed by atoms with van der Waals surface area (Å²) in [4.78, 5) is 16.8. The Morgan fingerprint density at radius 1 is 1.22 bits per heavy atom. The minimum Gasteiger partial charge on any atom is -0.444 e. The molecule has 0 aliphatic carbocycles. The lowest BCUT2D eigenvalue weighted by Crippen LogP contribution is -2.53. The van der Waals surface area contributed by atoms with Crippen molar-refractivity contribution in [2.75, 3.05) is 37.2 Å². The van der Waals surface area contributed by atoms with E-state index >= 15 is 0 Å². The van der Waals surface area contributed by atoms with Crippen LogP contribution in [0.25, 0.3) is 0 Å². The number of hydrogen-bond acceptors (Lipinski definition) is 5. The molecule has 0 saturated carbocycles. The van der Waals surface area contributed by atoms with E-state index in [1.54, 1.807) is 0 Å². The molecule has 2 aliphatic rings. The van der Waals surface area contributed by atoms with E-state index in [2.05, 4.69) is 17.1 Å².